The molecule has 0 radical (unpaired) electrons. The van der Waals surface area contributed by atoms with Crippen LogP contribution in [0.1, 0.15) is 26.5 Å². The molecule has 1 aromatic heterocycles. The molecule has 0 spiro atoms. The highest BCUT2D eigenvalue weighted by Crippen LogP contribution is 2.15. The standard InChI is InChI=1S/C11H20N4O3S/c1-11(2,3)18-10(16)13-6-8-9(19(5,12)17)7-14-15(8)4/h7,12H,6H2,1-5H3,(H,13,16). The summed E-state index contributed by atoms with van der Waals surface area (Å²) in [6.07, 6.45) is 2.15. The van der Waals surface area contributed by atoms with Crippen LogP contribution >= 0.6 is 0 Å². The molecule has 0 aliphatic rings. The highest BCUT2D eigenvalue weighted by atomic mass is 32.2. The van der Waals surface area contributed by atoms with E-state index in [1.165, 1.54) is 17.1 Å². The predicted octanol–water partition coefficient (Wildman–Crippen LogP) is 1.48. The molecule has 19 heavy (non-hydrogen) atoms. The van der Waals surface area contributed by atoms with Crippen LogP contribution in [0.5, 0.6) is 0 Å². The minimum atomic E-state index is -2.87. The van der Waals surface area contributed by atoms with Gasteiger partial charge in [-0.25, -0.2) is 13.8 Å². The summed E-state index contributed by atoms with van der Waals surface area (Å²) in [6, 6.07) is 0. The molecule has 0 aliphatic carbocycles. The third kappa shape index (κ3) is 4.55. The average molecular weight is 288 g/mol. The Morgan fingerprint density at radius 1 is 1.58 bits per heavy atom. The Labute approximate surface area is 113 Å². The van der Waals surface area contributed by atoms with E-state index in [0.29, 0.717) is 10.6 Å². The largest absolute Gasteiger partial charge is 0.444 e. The van der Waals surface area contributed by atoms with Gasteiger partial charge in [-0.15, -0.1) is 0 Å². The number of rotatable bonds is 3. The van der Waals surface area contributed by atoms with E-state index in [-0.39, 0.29) is 6.54 Å². The number of alkyl carbamates (subject to hydrolysis) is 1. The SMILES string of the molecule is Cn1ncc(S(C)(=N)=O)c1CNC(=O)OC(C)(C)C. The molecule has 1 amide bonds. The maximum absolute atomic E-state index is 11.8. The lowest BCUT2D eigenvalue weighted by molar-refractivity contribution is 0.0522. The maximum Gasteiger partial charge on any atom is 0.407 e. The first kappa shape index (κ1) is 15.5. The Hall–Kier alpha value is -1.57. The first-order chi connectivity index (χ1) is 8.50. The van der Waals surface area contributed by atoms with Crippen molar-refractivity contribution >= 4 is 15.8 Å². The number of amides is 1. The van der Waals surface area contributed by atoms with Gasteiger partial charge >= 0.3 is 6.09 Å². The van der Waals surface area contributed by atoms with Gasteiger partial charge in [-0.05, 0) is 20.8 Å². The van der Waals surface area contributed by atoms with Gasteiger partial charge in [-0.3, -0.25) is 4.68 Å². The fourth-order valence-electron chi connectivity index (χ4n) is 1.44. The number of hydrogen-bond donors (Lipinski definition) is 2. The normalized spacial score (nSPS) is 14.8. The molecule has 0 saturated carbocycles. The summed E-state index contributed by atoms with van der Waals surface area (Å²) in [5.74, 6) is 0. The summed E-state index contributed by atoms with van der Waals surface area (Å²) in [5.41, 5.74) is -0.0408. The number of nitrogens with zero attached hydrogens (tertiary/aromatic N) is 2. The third-order valence-electron chi connectivity index (χ3n) is 2.24. The van der Waals surface area contributed by atoms with Gasteiger partial charge in [0.2, 0.25) is 0 Å². The summed E-state index contributed by atoms with van der Waals surface area (Å²) in [6.45, 7) is 5.42. The molecule has 1 atom stereocenters. The van der Waals surface area contributed by atoms with Crippen molar-refractivity contribution in [3.05, 3.63) is 11.9 Å². The molecule has 0 bridgehead atoms. The quantitative estimate of drug-likeness (QED) is 0.880. The topological polar surface area (TPSA) is 97.1 Å². The number of nitrogens with one attached hydrogen (secondary N) is 2. The summed E-state index contributed by atoms with van der Waals surface area (Å²) in [7, 11) is -1.20. The molecule has 1 rings (SSSR count). The van der Waals surface area contributed by atoms with Gasteiger partial charge < -0.3 is 10.1 Å². The van der Waals surface area contributed by atoms with E-state index < -0.39 is 21.4 Å². The monoisotopic (exact) mass is 288 g/mol. The molecule has 0 saturated heterocycles. The molecule has 7 nitrogen and oxygen atoms in total. The van der Waals surface area contributed by atoms with Crippen molar-refractivity contribution in [1.82, 2.24) is 15.1 Å². The number of aryl methyl sites for hydroxylation is 1. The Bertz CT molecular complexity index is 569. The highest BCUT2D eigenvalue weighted by Gasteiger charge is 2.19. The van der Waals surface area contributed by atoms with Crippen molar-refractivity contribution in [2.24, 2.45) is 7.05 Å². The van der Waals surface area contributed by atoms with Crippen LogP contribution in [-0.2, 0) is 28.1 Å². The molecule has 0 fully saturated rings. The van der Waals surface area contributed by atoms with Gasteiger partial charge in [-0.1, -0.05) is 0 Å². The second-order valence-corrected chi connectivity index (χ2v) is 7.41. The third-order valence-corrected chi connectivity index (χ3v) is 3.42. The Kier molecular flexibility index (Phi) is 4.24. The van der Waals surface area contributed by atoms with E-state index in [2.05, 4.69) is 10.4 Å². The van der Waals surface area contributed by atoms with Crippen LogP contribution < -0.4 is 5.32 Å². The van der Waals surface area contributed by atoms with Crippen molar-refractivity contribution in [3.8, 4) is 0 Å². The Balaban J connectivity index is 2.79. The van der Waals surface area contributed by atoms with Crippen LogP contribution in [0, 0.1) is 4.78 Å². The Morgan fingerprint density at radius 3 is 2.63 bits per heavy atom. The zero-order valence-electron chi connectivity index (χ0n) is 11.8. The second-order valence-electron chi connectivity index (χ2n) is 5.28. The van der Waals surface area contributed by atoms with Crippen LogP contribution in [0.4, 0.5) is 4.79 Å². The number of ether oxygens (including phenoxy) is 1. The number of hydrogen-bond acceptors (Lipinski definition) is 5. The van der Waals surface area contributed by atoms with Gasteiger partial charge in [0.1, 0.15) is 5.60 Å². The summed E-state index contributed by atoms with van der Waals surface area (Å²) in [5, 5.41) is 6.52. The van der Waals surface area contributed by atoms with Crippen LogP contribution in [-0.4, -0.2) is 31.9 Å². The van der Waals surface area contributed by atoms with E-state index in [1.807, 2.05) is 0 Å². The fraction of sp³-hybridized carbons (Fsp3) is 0.636. The molecule has 0 aliphatic heterocycles. The van der Waals surface area contributed by atoms with Crippen LogP contribution in [0.25, 0.3) is 0 Å². The highest BCUT2D eigenvalue weighted by molar-refractivity contribution is 7.91. The molecule has 8 heteroatoms. The van der Waals surface area contributed by atoms with Crippen LogP contribution in [0.2, 0.25) is 0 Å². The molecule has 0 aromatic carbocycles. The minimum Gasteiger partial charge on any atom is -0.444 e. The predicted molar refractivity (Wildman–Crippen MR) is 71.3 cm³/mol. The zero-order valence-corrected chi connectivity index (χ0v) is 12.6. The molecular weight excluding hydrogens is 268 g/mol. The van der Waals surface area contributed by atoms with Crippen LogP contribution in [0.15, 0.2) is 11.1 Å². The van der Waals surface area contributed by atoms with Crippen molar-refractivity contribution in [3.63, 3.8) is 0 Å². The smallest absolute Gasteiger partial charge is 0.407 e. The van der Waals surface area contributed by atoms with Gasteiger partial charge in [0.05, 0.1) is 33.1 Å². The number of aromatic nitrogens is 2. The van der Waals surface area contributed by atoms with E-state index >= 15 is 0 Å². The molecule has 108 valence electrons. The molecule has 2 N–H and O–H groups in total. The fourth-order valence-corrected chi connectivity index (χ4v) is 2.34. The summed E-state index contributed by atoms with van der Waals surface area (Å²) < 4.78 is 25.9. The molecule has 1 heterocycles. The van der Waals surface area contributed by atoms with Gasteiger partial charge in [0, 0.05) is 13.3 Å². The minimum absolute atomic E-state index is 0.116. The summed E-state index contributed by atoms with van der Waals surface area (Å²) in [4.78, 5) is 11.9. The van der Waals surface area contributed by atoms with Crippen molar-refractivity contribution in [2.45, 2.75) is 37.8 Å². The second kappa shape index (κ2) is 5.20. The van der Waals surface area contributed by atoms with E-state index in [4.69, 9.17) is 9.52 Å². The van der Waals surface area contributed by atoms with Crippen LogP contribution in [0.3, 0.4) is 0 Å². The zero-order chi connectivity index (χ0) is 14.8. The lowest BCUT2D eigenvalue weighted by Gasteiger charge is -2.19. The van der Waals surface area contributed by atoms with Crippen molar-refractivity contribution < 1.29 is 13.7 Å². The van der Waals surface area contributed by atoms with Gasteiger partial charge in [0.15, 0.2) is 0 Å². The van der Waals surface area contributed by atoms with Gasteiger partial charge in [0.25, 0.3) is 0 Å². The lowest BCUT2D eigenvalue weighted by Crippen LogP contribution is -2.32. The molecular formula is C11H20N4O3S. The summed E-state index contributed by atoms with van der Waals surface area (Å²) >= 11 is 0. The first-order valence-corrected chi connectivity index (χ1v) is 7.69. The van der Waals surface area contributed by atoms with E-state index in [1.54, 1.807) is 27.8 Å². The lowest BCUT2D eigenvalue weighted by atomic mass is 10.2. The maximum atomic E-state index is 11.8. The average Bonchev–Trinajstić information content (AvgIpc) is 2.53. The van der Waals surface area contributed by atoms with Crippen molar-refractivity contribution in [1.29, 1.82) is 4.78 Å². The first-order valence-electron chi connectivity index (χ1n) is 5.72. The van der Waals surface area contributed by atoms with Crippen molar-refractivity contribution in [2.75, 3.05) is 6.26 Å². The molecule has 1 aromatic rings. The van der Waals surface area contributed by atoms with E-state index in [0.717, 1.165) is 0 Å². The number of carbonyl (C=O) groups excluding carboxylic acids is 1. The Morgan fingerprint density at radius 2 is 2.16 bits per heavy atom. The van der Waals surface area contributed by atoms with E-state index in [9.17, 15) is 9.00 Å². The number of carbonyl (C=O) groups is 1. The molecule has 1 unspecified atom stereocenters. The van der Waals surface area contributed by atoms with Gasteiger partial charge in [-0.2, -0.15) is 5.10 Å².